The topological polar surface area (TPSA) is 158 Å². The fourth-order valence-corrected chi connectivity index (χ4v) is 5.96. The van der Waals surface area contributed by atoms with Gasteiger partial charge < -0.3 is 39.6 Å². The van der Waals surface area contributed by atoms with Crippen molar-refractivity contribution in [3.63, 3.8) is 0 Å². The van der Waals surface area contributed by atoms with Crippen LogP contribution < -0.4 is 5.73 Å². The summed E-state index contributed by atoms with van der Waals surface area (Å²) in [6.07, 6.45) is -1.05. The predicted octanol–water partition coefficient (Wildman–Crippen LogP) is -2.27. The van der Waals surface area contributed by atoms with Crippen LogP contribution in [0.2, 0.25) is 0 Å². The van der Waals surface area contributed by atoms with Gasteiger partial charge in [-0.2, -0.15) is 0 Å². The molecule has 3 N–H and O–H groups in total. The van der Waals surface area contributed by atoms with Gasteiger partial charge in [-0.05, 0) is 0 Å². The molecule has 0 radical (unpaired) electrons. The molecule has 4 heterocycles. The second-order valence-electron chi connectivity index (χ2n) is 8.24. The molecular weight excluding hydrogens is 414 g/mol. The molecule has 1 aliphatic carbocycles. The number of aliphatic hydroxyl groups excluding tert-OH is 1. The number of carbonyl (C=O) groups is 4. The highest BCUT2D eigenvalue weighted by atomic mass is 16.7. The lowest BCUT2D eigenvalue weighted by atomic mass is 9.75. The van der Waals surface area contributed by atoms with Crippen LogP contribution in [0.3, 0.4) is 0 Å². The van der Waals surface area contributed by atoms with E-state index < -0.39 is 53.7 Å². The van der Waals surface area contributed by atoms with E-state index in [1.165, 1.54) is 14.0 Å². The van der Waals surface area contributed by atoms with Crippen molar-refractivity contribution in [2.75, 3.05) is 40.1 Å². The SMILES string of the molecule is CO[C@@]12[C@H](COC(N)=O)C3=C(C(=O)C(CO)C4(OCCO4)C3=O)N1C[C@H]1[C@@H]2N1C(C)=O. The van der Waals surface area contributed by atoms with Crippen LogP contribution in [-0.4, -0.2) is 102 Å². The number of hydrogen-bond acceptors (Lipinski definition) is 10. The summed E-state index contributed by atoms with van der Waals surface area (Å²) in [6.45, 7) is 0.869. The normalized spacial score (nSPS) is 37.3. The largest absolute Gasteiger partial charge is 0.449 e. The van der Waals surface area contributed by atoms with Crippen LogP contribution in [0.4, 0.5) is 4.79 Å². The first-order valence-corrected chi connectivity index (χ1v) is 10.0. The van der Waals surface area contributed by atoms with Crippen molar-refractivity contribution in [2.45, 2.75) is 30.5 Å². The Labute approximate surface area is 176 Å². The number of carbonyl (C=O) groups excluding carboxylic acids is 4. The number of Topliss-reactive ketones (excluding diaryl/α,β-unsaturated/α-hetero) is 2. The summed E-state index contributed by atoms with van der Waals surface area (Å²) in [5.74, 6) is -5.40. The number of allylic oxidation sites excluding steroid dienone is 1. The second kappa shape index (κ2) is 6.48. The minimum absolute atomic E-state index is 0.0496. The van der Waals surface area contributed by atoms with Gasteiger partial charge >= 0.3 is 6.09 Å². The number of methoxy groups -OCH3 is 1. The number of primary amides is 1. The summed E-state index contributed by atoms with van der Waals surface area (Å²) >= 11 is 0. The zero-order chi connectivity index (χ0) is 22.3. The van der Waals surface area contributed by atoms with Gasteiger partial charge in [0.2, 0.25) is 17.5 Å². The molecule has 0 aromatic heterocycles. The molecule has 0 aromatic rings. The third-order valence-corrected chi connectivity index (χ3v) is 7.07. The molecule has 4 aliphatic heterocycles. The number of rotatable bonds is 4. The molecule has 168 valence electrons. The summed E-state index contributed by atoms with van der Waals surface area (Å²) in [6, 6.07) is -0.662. The number of aliphatic hydroxyl groups is 1. The third kappa shape index (κ3) is 2.27. The van der Waals surface area contributed by atoms with Crippen LogP contribution in [0.5, 0.6) is 0 Å². The van der Waals surface area contributed by atoms with Crippen LogP contribution in [0.15, 0.2) is 11.3 Å². The number of nitrogens with zero attached hydrogens (tertiary/aromatic N) is 2. The lowest BCUT2D eigenvalue weighted by Crippen LogP contribution is -2.57. The van der Waals surface area contributed by atoms with E-state index in [-0.39, 0.29) is 49.6 Å². The maximum atomic E-state index is 13.7. The Morgan fingerprint density at radius 2 is 1.94 bits per heavy atom. The zero-order valence-corrected chi connectivity index (χ0v) is 17.0. The highest BCUT2D eigenvalue weighted by Gasteiger charge is 2.79. The third-order valence-electron chi connectivity index (χ3n) is 7.07. The molecule has 3 fully saturated rings. The standard InChI is InChI=1S/C19H23N3O9/c1-8(24)22-11-5-21-13-12(10(7-29-17(20)27)18(21,28-2)15(11)22)16(26)19(30-3-4-31-19)9(6-23)14(13)25/h9-11,15,23H,3-7H2,1-2H3,(H2,20,27)/t9?,10-,11+,15+,18-,22?/m1/s1. The van der Waals surface area contributed by atoms with E-state index in [1.807, 2.05) is 0 Å². The molecule has 5 rings (SSSR count). The van der Waals surface area contributed by atoms with Gasteiger partial charge in [0.05, 0.1) is 37.5 Å². The van der Waals surface area contributed by atoms with Crippen molar-refractivity contribution in [3.8, 4) is 0 Å². The number of nitrogens with two attached hydrogens (primary N) is 1. The zero-order valence-electron chi connectivity index (χ0n) is 17.0. The van der Waals surface area contributed by atoms with E-state index >= 15 is 0 Å². The fraction of sp³-hybridized carbons (Fsp3) is 0.684. The molecule has 5 atom stereocenters. The summed E-state index contributed by atoms with van der Waals surface area (Å²) in [4.78, 5) is 54.0. The summed E-state index contributed by atoms with van der Waals surface area (Å²) in [5, 5.41) is 9.96. The van der Waals surface area contributed by atoms with Gasteiger partial charge in [-0.15, -0.1) is 0 Å². The first-order chi connectivity index (χ1) is 14.8. The van der Waals surface area contributed by atoms with Gasteiger partial charge in [0.25, 0.3) is 0 Å². The number of ketones is 2. The Balaban J connectivity index is 1.66. The van der Waals surface area contributed by atoms with Gasteiger partial charge in [0.1, 0.15) is 18.6 Å². The van der Waals surface area contributed by atoms with Crippen molar-refractivity contribution < 1.29 is 43.2 Å². The van der Waals surface area contributed by atoms with Crippen LogP contribution in [0.25, 0.3) is 0 Å². The van der Waals surface area contributed by atoms with E-state index in [1.54, 1.807) is 9.80 Å². The Hall–Kier alpha value is -2.54. The molecule has 1 unspecified atom stereocenters. The highest BCUT2D eigenvalue weighted by molar-refractivity contribution is 6.17. The number of fused-ring (bicyclic) bond motifs is 4. The van der Waals surface area contributed by atoms with Gasteiger partial charge in [-0.3, -0.25) is 14.4 Å². The predicted molar refractivity (Wildman–Crippen MR) is 97.8 cm³/mol. The lowest BCUT2D eigenvalue weighted by molar-refractivity contribution is -0.204. The monoisotopic (exact) mass is 437 g/mol. The van der Waals surface area contributed by atoms with Gasteiger partial charge in [0.15, 0.2) is 11.5 Å². The van der Waals surface area contributed by atoms with Crippen LogP contribution >= 0.6 is 0 Å². The van der Waals surface area contributed by atoms with Crippen LogP contribution in [0.1, 0.15) is 6.92 Å². The van der Waals surface area contributed by atoms with Crippen LogP contribution in [0, 0.1) is 11.8 Å². The minimum atomic E-state index is -1.94. The smallest absolute Gasteiger partial charge is 0.404 e. The van der Waals surface area contributed by atoms with Gasteiger partial charge in [-0.25, -0.2) is 4.79 Å². The van der Waals surface area contributed by atoms with E-state index in [0.29, 0.717) is 0 Å². The van der Waals surface area contributed by atoms with Crippen molar-refractivity contribution in [1.82, 2.24) is 9.80 Å². The Kier molecular flexibility index (Phi) is 4.26. The average molecular weight is 437 g/mol. The highest BCUT2D eigenvalue weighted by Crippen LogP contribution is 2.61. The quantitative estimate of drug-likeness (QED) is 0.459. The number of amides is 2. The first kappa shape index (κ1) is 20.4. The van der Waals surface area contributed by atoms with Crippen molar-refractivity contribution in [3.05, 3.63) is 11.3 Å². The Morgan fingerprint density at radius 3 is 2.48 bits per heavy atom. The van der Waals surface area contributed by atoms with Gasteiger partial charge in [0, 0.05) is 26.2 Å². The summed E-state index contributed by atoms with van der Waals surface area (Å²) < 4.78 is 22.2. The fourth-order valence-electron chi connectivity index (χ4n) is 5.96. The van der Waals surface area contributed by atoms with Crippen molar-refractivity contribution >= 4 is 23.6 Å². The van der Waals surface area contributed by atoms with E-state index in [4.69, 9.17) is 24.7 Å². The molecule has 0 saturated carbocycles. The molecule has 0 aromatic carbocycles. The molecule has 31 heavy (non-hydrogen) atoms. The molecular formula is C19H23N3O9. The number of hydrogen-bond donors (Lipinski definition) is 2. The van der Waals surface area contributed by atoms with E-state index in [0.717, 1.165) is 0 Å². The lowest BCUT2D eigenvalue weighted by Gasteiger charge is -2.41. The molecule has 12 nitrogen and oxygen atoms in total. The second-order valence-corrected chi connectivity index (χ2v) is 8.24. The number of piperazine rings is 1. The van der Waals surface area contributed by atoms with Crippen molar-refractivity contribution in [1.29, 1.82) is 0 Å². The number of ether oxygens (including phenoxy) is 4. The molecule has 12 heteroatoms. The average Bonchev–Trinajstić information content (AvgIpc) is 3.03. The van der Waals surface area contributed by atoms with Gasteiger partial charge in [-0.1, -0.05) is 0 Å². The van der Waals surface area contributed by atoms with Crippen molar-refractivity contribution in [2.24, 2.45) is 17.6 Å². The minimum Gasteiger partial charge on any atom is -0.449 e. The molecule has 1 spiro atoms. The molecule has 5 aliphatic rings. The molecule has 2 amide bonds. The summed E-state index contributed by atoms with van der Waals surface area (Å²) in [7, 11) is 1.42. The van der Waals surface area contributed by atoms with E-state index in [9.17, 15) is 24.3 Å². The Morgan fingerprint density at radius 1 is 1.26 bits per heavy atom. The molecule has 0 bridgehead atoms. The molecule has 3 saturated heterocycles. The van der Waals surface area contributed by atoms with E-state index in [2.05, 4.69) is 0 Å². The maximum Gasteiger partial charge on any atom is 0.404 e. The Bertz CT molecular complexity index is 927. The van der Waals surface area contributed by atoms with Crippen LogP contribution in [-0.2, 0) is 33.3 Å². The maximum absolute atomic E-state index is 13.7. The summed E-state index contributed by atoms with van der Waals surface area (Å²) in [5.41, 5.74) is 4.01. The first-order valence-electron chi connectivity index (χ1n) is 10.0.